The van der Waals surface area contributed by atoms with Crippen LogP contribution in [0, 0.1) is 0 Å². The molecule has 6 heteroatoms. The molecule has 0 aromatic heterocycles. The molecule has 1 atom stereocenters. The van der Waals surface area contributed by atoms with Gasteiger partial charge in [0.2, 0.25) is 5.91 Å². The van der Waals surface area contributed by atoms with Crippen LogP contribution in [0.1, 0.15) is 0 Å². The fourth-order valence-electron chi connectivity index (χ4n) is 2.37. The van der Waals surface area contributed by atoms with Gasteiger partial charge in [-0.15, -0.1) is 11.6 Å². The van der Waals surface area contributed by atoms with Crippen molar-refractivity contribution in [3.8, 4) is 0 Å². The summed E-state index contributed by atoms with van der Waals surface area (Å²) >= 11 is 9.03. The summed E-state index contributed by atoms with van der Waals surface area (Å²) in [5, 5.41) is 3.45. The first-order valence-corrected chi connectivity index (χ1v) is 7.96. The molecule has 1 saturated heterocycles. The molecule has 2 rings (SSSR count). The first-order valence-electron chi connectivity index (χ1n) is 6.64. The van der Waals surface area contributed by atoms with Gasteiger partial charge in [-0.3, -0.25) is 4.79 Å². The molecule has 4 nitrogen and oxygen atoms in total. The van der Waals surface area contributed by atoms with E-state index in [-0.39, 0.29) is 17.8 Å². The van der Waals surface area contributed by atoms with Crippen LogP contribution in [-0.2, 0) is 4.79 Å². The van der Waals surface area contributed by atoms with E-state index in [0.29, 0.717) is 6.54 Å². The number of benzene rings is 1. The number of piperazine rings is 1. The zero-order chi connectivity index (χ0) is 14.5. The fourth-order valence-corrected chi connectivity index (χ4v) is 2.84. The number of amides is 1. The van der Waals surface area contributed by atoms with Crippen LogP contribution < -0.4 is 10.2 Å². The van der Waals surface area contributed by atoms with Gasteiger partial charge < -0.3 is 15.1 Å². The lowest BCUT2D eigenvalue weighted by Gasteiger charge is -2.37. The smallest absolute Gasteiger partial charge is 0.237 e. The minimum atomic E-state index is -0.0331. The van der Waals surface area contributed by atoms with E-state index in [4.69, 9.17) is 11.6 Å². The van der Waals surface area contributed by atoms with E-state index in [1.165, 1.54) is 5.69 Å². The normalized spacial score (nSPS) is 18.9. The lowest BCUT2D eigenvalue weighted by molar-refractivity contribution is -0.127. The second kappa shape index (κ2) is 7.29. The molecule has 1 heterocycles. The highest BCUT2D eigenvalue weighted by atomic mass is 79.9. The molecule has 1 fully saturated rings. The molecule has 0 bridgehead atoms. The Balaban J connectivity index is 1.94. The maximum atomic E-state index is 11.5. The predicted molar refractivity (Wildman–Crippen MR) is 86.5 cm³/mol. The minimum absolute atomic E-state index is 0.0331. The van der Waals surface area contributed by atoms with E-state index in [9.17, 15) is 4.79 Å². The number of likely N-dealkylation sites (N-methyl/N-ethyl adjacent to an activating group) is 1. The molecule has 20 heavy (non-hydrogen) atoms. The van der Waals surface area contributed by atoms with Crippen LogP contribution in [0.4, 0.5) is 5.69 Å². The Morgan fingerprint density at radius 3 is 2.85 bits per heavy atom. The van der Waals surface area contributed by atoms with Crippen LogP contribution in [0.15, 0.2) is 28.7 Å². The number of nitrogens with one attached hydrogen (secondary N) is 1. The van der Waals surface area contributed by atoms with Gasteiger partial charge in [0.15, 0.2) is 0 Å². The zero-order valence-corrected chi connectivity index (χ0v) is 13.8. The molecule has 110 valence electrons. The third kappa shape index (κ3) is 4.11. The van der Waals surface area contributed by atoms with Crippen molar-refractivity contribution in [1.29, 1.82) is 0 Å². The summed E-state index contributed by atoms with van der Waals surface area (Å²) in [7, 11) is 1.80. The first-order chi connectivity index (χ1) is 9.60. The van der Waals surface area contributed by atoms with Gasteiger partial charge in [-0.2, -0.15) is 0 Å². The topological polar surface area (TPSA) is 35.6 Å². The van der Waals surface area contributed by atoms with E-state index in [1.807, 2.05) is 0 Å². The standard InChI is InChI=1S/C14H19BrClN3O/c1-18(14(20)8-16)9-12-10-19(7-6-17-12)13-4-2-11(15)3-5-13/h2-5,12,17H,6-10H2,1H3. The average Bonchev–Trinajstić information content (AvgIpc) is 2.47. The van der Waals surface area contributed by atoms with Crippen molar-refractivity contribution in [3.63, 3.8) is 0 Å². The molecular weight excluding hydrogens is 342 g/mol. The number of anilines is 1. The van der Waals surface area contributed by atoms with Crippen LogP contribution in [0.25, 0.3) is 0 Å². The summed E-state index contributed by atoms with van der Waals surface area (Å²) in [4.78, 5) is 15.6. The molecule has 0 spiro atoms. The lowest BCUT2D eigenvalue weighted by atomic mass is 10.1. The van der Waals surface area contributed by atoms with Crippen LogP contribution in [-0.4, -0.2) is 56.0 Å². The van der Waals surface area contributed by atoms with Gasteiger partial charge in [0, 0.05) is 49.4 Å². The van der Waals surface area contributed by atoms with E-state index in [2.05, 4.69) is 50.4 Å². The molecule has 0 radical (unpaired) electrons. The maximum Gasteiger partial charge on any atom is 0.237 e. The van der Waals surface area contributed by atoms with E-state index in [1.54, 1.807) is 11.9 Å². The summed E-state index contributed by atoms with van der Waals surface area (Å²) in [6.07, 6.45) is 0. The number of halogens is 2. The number of carbonyl (C=O) groups excluding carboxylic acids is 1. The highest BCUT2D eigenvalue weighted by molar-refractivity contribution is 9.10. The van der Waals surface area contributed by atoms with Crippen molar-refractivity contribution in [2.45, 2.75) is 6.04 Å². The van der Waals surface area contributed by atoms with Crippen molar-refractivity contribution in [2.75, 3.05) is 44.0 Å². The lowest BCUT2D eigenvalue weighted by Crippen LogP contribution is -2.55. The second-order valence-electron chi connectivity index (χ2n) is 4.98. The summed E-state index contributed by atoms with van der Waals surface area (Å²) in [5.41, 5.74) is 1.21. The number of carbonyl (C=O) groups is 1. The molecule has 0 aliphatic carbocycles. The van der Waals surface area contributed by atoms with E-state index < -0.39 is 0 Å². The Kier molecular flexibility index (Phi) is 5.69. The molecular formula is C14H19BrClN3O. The summed E-state index contributed by atoms with van der Waals surface area (Å²) < 4.78 is 1.08. The highest BCUT2D eigenvalue weighted by Gasteiger charge is 2.22. The molecule has 0 saturated carbocycles. The first kappa shape index (κ1) is 15.6. The number of hydrogen-bond acceptors (Lipinski definition) is 3. The van der Waals surface area contributed by atoms with Crippen LogP contribution >= 0.6 is 27.5 Å². The summed E-state index contributed by atoms with van der Waals surface area (Å²) in [6.45, 7) is 3.47. The molecule has 1 amide bonds. The molecule has 1 N–H and O–H groups in total. The van der Waals surface area contributed by atoms with Crippen molar-refractivity contribution >= 4 is 39.1 Å². The Hall–Kier alpha value is -0.780. The molecule has 1 aliphatic heterocycles. The Labute approximate surface area is 133 Å². The Bertz CT molecular complexity index is 454. The number of hydrogen-bond donors (Lipinski definition) is 1. The molecule has 1 aromatic rings. The van der Waals surface area contributed by atoms with Crippen molar-refractivity contribution in [2.24, 2.45) is 0 Å². The minimum Gasteiger partial charge on any atom is -0.369 e. The van der Waals surface area contributed by atoms with Gasteiger partial charge >= 0.3 is 0 Å². The fraction of sp³-hybridized carbons (Fsp3) is 0.500. The third-order valence-corrected chi connectivity index (χ3v) is 4.24. The largest absolute Gasteiger partial charge is 0.369 e. The van der Waals surface area contributed by atoms with E-state index >= 15 is 0 Å². The summed E-state index contributed by atoms with van der Waals surface area (Å²) in [5.74, 6) is 0.00820. The number of alkyl halides is 1. The zero-order valence-electron chi connectivity index (χ0n) is 11.5. The molecule has 1 aliphatic rings. The summed E-state index contributed by atoms with van der Waals surface area (Å²) in [6, 6.07) is 8.59. The van der Waals surface area contributed by atoms with Crippen LogP contribution in [0.2, 0.25) is 0 Å². The van der Waals surface area contributed by atoms with Gasteiger partial charge in [-0.05, 0) is 24.3 Å². The van der Waals surface area contributed by atoms with Gasteiger partial charge in [0.1, 0.15) is 5.88 Å². The SMILES string of the molecule is CN(CC1CN(c2ccc(Br)cc2)CCN1)C(=O)CCl. The van der Waals surface area contributed by atoms with Gasteiger partial charge in [0.25, 0.3) is 0 Å². The number of nitrogens with zero attached hydrogens (tertiary/aromatic N) is 2. The monoisotopic (exact) mass is 359 g/mol. The average molecular weight is 361 g/mol. The Morgan fingerprint density at radius 1 is 1.50 bits per heavy atom. The van der Waals surface area contributed by atoms with Gasteiger partial charge in [-0.1, -0.05) is 15.9 Å². The Morgan fingerprint density at radius 2 is 2.20 bits per heavy atom. The molecule has 1 aromatic carbocycles. The van der Waals surface area contributed by atoms with Crippen LogP contribution in [0.3, 0.4) is 0 Å². The molecule has 1 unspecified atom stereocenters. The maximum absolute atomic E-state index is 11.5. The van der Waals surface area contributed by atoms with Gasteiger partial charge in [-0.25, -0.2) is 0 Å². The van der Waals surface area contributed by atoms with E-state index in [0.717, 1.165) is 24.1 Å². The third-order valence-electron chi connectivity index (χ3n) is 3.48. The van der Waals surface area contributed by atoms with Crippen LogP contribution in [0.5, 0.6) is 0 Å². The highest BCUT2D eigenvalue weighted by Crippen LogP contribution is 2.19. The second-order valence-corrected chi connectivity index (χ2v) is 6.16. The predicted octanol–water partition coefficient (Wildman–Crippen LogP) is 1.92. The van der Waals surface area contributed by atoms with Crippen molar-refractivity contribution < 1.29 is 4.79 Å². The quantitative estimate of drug-likeness (QED) is 0.833. The van der Waals surface area contributed by atoms with Crippen molar-refractivity contribution in [3.05, 3.63) is 28.7 Å². The van der Waals surface area contributed by atoms with Gasteiger partial charge in [0.05, 0.1) is 0 Å². The van der Waals surface area contributed by atoms with Crippen molar-refractivity contribution in [1.82, 2.24) is 10.2 Å². The number of rotatable bonds is 4.